The lowest BCUT2D eigenvalue weighted by atomic mass is 9.87. The Balaban J connectivity index is 3.01. The summed E-state index contributed by atoms with van der Waals surface area (Å²) in [7, 11) is 0. The zero-order valence-electron chi connectivity index (χ0n) is 9.55. The predicted octanol–water partition coefficient (Wildman–Crippen LogP) is 2.47. The van der Waals surface area contributed by atoms with Crippen molar-refractivity contribution in [2.45, 2.75) is 39.2 Å². The van der Waals surface area contributed by atoms with Crippen LogP contribution in [0.5, 0.6) is 0 Å². The van der Waals surface area contributed by atoms with Crippen molar-refractivity contribution in [3.05, 3.63) is 11.7 Å². The maximum atomic E-state index is 12.9. The van der Waals surface area contributed by atoms with Gasteiger partial charge in [0.2, 0.25) is 0 Å². The number of halogens is 4. The van der Waals surface area contributed by atoms with Crippen LogP contribution in [-0.2, 0) is 5.92 Å². The molecule has 2 N–H and O–H groups in total. The molecular weight excluding hydrogens is 242 g/mol. The van der Waals surface area contributed by atoms with Crippen LogP contribution < -0.4 is 5.73 Å². The molecule has 1 heterocycles. The van der Waals surface area contributed by atoms with Crippen molar-refractivity contribution in [3.63, 3.8) is 0 Å². The fourth-order valence-corrected chi connectivity index (χ4v) is 0.977. The third kappa shape index (κ3) is 2.74. The molecule has 17 heavy (non-hydrogen) atoms. The first-order valence-electron chi connectivity index (χ1n) is 4.82. The number of hydrogen-bond acceptors (Lipinski definition) is 4. The molecule has 4 nitrogen and oxygen atoms in total. The van der Waals surface area contributed by atoms with Gasteiger partial charge in [0, 0.05) is 0 Å². The highest BCUT2D eigenvalue weighted by Crippen LogP contribution is 2.35. The van der Waals surface area contributed by atoms with Gasteiger partial charge >= 0.3 is 18.2 Å². The van der Waals surface area contributed by atoms with Crippen molar-refractivity contribution in [3.8, 4) is 0 Å². The van der Waals surface area contributed by atoms with E-state index < -0.39 is 29.7 Å². The van der Waals surface area contributed by atoms with Gasteiger partial charge in [-0.3, -0.25) is 0 Å². The molecular formula is C9H13F4N3O. The van der Waals surface area contributed by atoms with E-state index in [1.165, 1.54) is 0 Å². The summed E-state index contributed by atoms with van der Waals surface area (Å²) >= 11 is 0. The molecule has 0 aliphatic rings. The minimum absolute atomic E-state index is 0.215. The summed E-state index contributed by atoms with van der Waals surface area (Å²) in [4.78, 5) is 3.24. The summed E-state index contributed by atoms with van der Waals surface area (Å²) in [6.45, 7) is 5.21. The Hall–Kier alpha value is -1.18. The second-order valence-electron chi connectivity index (χ2n) is 4.73. The Bertz CT molecular complexity index is 386. The summed E-state index contributed by atoms with van der Waals surface area (Å²) in [5, 5.41) is 3.21. The van der Waals surface area contributed by atoms with E-state index in [1.54, 1.807) is 20.8 Å². The quantitative estimate of drug-likeness (QED) is 0.842. The lowest BCUT2D eigenvalue weighted by Crippen LogP contribution is -2.28. The summed E-state index contributed by atoms with van der Waals surface area (Å²) < 4.78 is 53.9. The zero-order valence-corrected chi connectivity index (χ0v) is 9.55. The molecule has 0 bridgehead atoms. The van der Waals surface area contributed by atoms with Gasteiger partial charge in [0.1, 0.15) is 0 Å². The van der Waals surface area contributed by atoms with Crippen molar-refractivity contribution in [1.29, 1.82) is 0 Å². The zero-order chi connectivity index (χ0) is 13.4. The van der Waals surface area contributed by atoms with Crippen molar-refractivity contribution in [1.82, 2.24) is 10.1 Å². The van der Waals surface area contributed by atoms with E-state index >= 15 is 0 Å². The average molecular weight is 255 g/mol. The molecule has 0 spiro atoms. The van der Waals surface area contributed by atoms with Gasteiger partial charge in [0.25, 0.3) is 0 Å². The standard InChI is InChI=1S/C9H13F4N3O/c1-8(2,3)4(14)5-15-7(17-16-5)9(12,13)6(10)11/h4,6H,14H2,1-3H3. The van der Waals surface area contributed by atoms with Crippen molar-refractivity contribution < 1.29 is 22.1 Å². The monoisotopic (exact) mass is 255 g/mol. The van der Waals surface area contributed by atoms with Crippen LogP contribution in [0.3, 0.4) is 0 Å². The van der Waals surface area contributed by atoms with Gasteiger partial charge < -0.3 is 10.3 Å². The highest BCUT2D eigenvalue weighted by Gasteiger charge is 2.49. The molecule has 0 saturated heterocycles. The van der Waals surface area contributed by atoms with Crippen LogP contribution in [0.1, 0.15) is 38.5 Å². The predicted molar refractivity (Wildman–Crippen MR) is 50.6 cm³/mol. The van der Waals surface area contributed by atoms with E-state index in [0.717, 1.165) is 0 Å². The molecule has 0 aliphatic heterocycles. The average Bonchev–Trinajstić information content (AvgIpc) is 2.63. The van der Waals surface area contributed by atoms with Crippen molar-refractivity contribution in [2.24, 2.45) is 11.1 Å². The largest absolute Gasteiger partial charge is 0.383 e. The van der Waals surface area contributed by atoms with E-state index in [0.29, 0.717) is 0 Å². The topological polar surface area (TPSA) is 64.9 Å². The van der Waals surface area contributed by atoms with Gasteiger partial charge in [0.15, 0.2) is 5.82 Å². The maximum absolute atomic E-state index is 12.9. The first kappa shape index (κ1) is 13.9. The van der Waals surface area contributed by atoms with Gasteiger partial charge in [-0.15, -0.1) is 0 Å². The van der Waals surface area contributed by atoms with Crippen LogP contribution in [-0.4, -0.2) is 16.6 Å². The SMILES string of the molecule is CC(C)(C)C(N)c1noc(C(F)(F)C(F)F)n1. The number of nitrogens with two attached hydrogens (primary N) is 1. The lowest BCUT2D eigenvalue weighted by molar-refractivity contribution is -0.152. The molecule has 1 unspecified atom stereocenters. The molecule has 1 aromatic rings. The van der Waals surface area contributed by atoms with Crippen molar-refractivity contribution in [2.75, 3.05) is 0 Å². The second-order valence-corrected chi connectivity index (χ2v) is 4.73. The van der Waals surface area contributed by atoms with E-state index in [9.17, 15) is 17.6 Å². The molecule has 1 atom stereocenters. The Kier molecular flexibility index (Phi) is 3.47. The summed E-state index contributed by atoms with van der Waals surface area (Å²) in [5.41, 5.74) is 5.19. The summed E-state index contributed by atoms with van der Waals surface area (Å²) in [6.07, 6.45) is -3.90. The molecule has 98 valence electrons. The highest BCUT2D eigenvalue weighted by atomic mass is 19.3. The van der Waals surface area contributed by atoms with Crippen molar-refractivity contribution >= 4 is 0 Å². The van der Waals surface area contributed by atoms with Crippen LogP contribution in [0, 0.1) is 5.41 Å². The van der Waals surface area contributed by atoms with Crippen LogP contribution in [0.15, 0.2) is 4.52 Å². The van der Waals surface area contributed by atoms with Crippen LogP contribution in [0.4, 0.5) is 17.6 Å². The molecule has 0 saturated carbocycles. The number of nitrogens with zero attached hydrogens (tertiary/aromatic N) is 2. The molecule has 8 heteroatoms. The highest BCUT2D eigenvalue weighted by molar-refractivity contribution is 5.01. The first-order chi connectivity index (χ1) is 7.56. The molecule has 0 aromatic carbocycles. The minimum atomic E-state index is -4.46. The number of rotatable bonds is 3. The van der Waals surface area contributed by atoms with Gasteiger partial charge in [-0.2, -0.15) is 13.8 Å². The van der Waals surface area contributed by atoms with E-state index in [2.05, 4.69) is 14.7 Å². The third-order valence-electron chi connectivity index (χ3n) is 2.21. The minimum Gasteiger partial charge on any atom is -0.332 e. The van der Waals surface area contributed by atoms with Crippen LogP contribution in [0.2, 0.25) is 0 Å². The summed E-state index contributed by atoms with van der Waals surface area (Å²) in [5.74, 6) is -6.09. The maximum Gasteiger partial charge on any atom is 0.383 e. The molecule has 0 amide bonds. The molecule has 0 aliphatic carbocycles. The Labute approximate surface area is 95.2 Å². The van der Waals surface area contributed by atoms with E-state index in [-0.39, 0.29) is 5.82 Å². The van der Waals surface area contributed by atoms with E-state index in [1.807, 2.05) is 0 Å². The Morgan fingerprint density at radius 3 is 2.18 bits per heavy atom. The second kappa shape index (κ2) is 4.25. The number of hydrogen-bond donors (Lipinski definition) is 1. The normalized spacial score (nSPS) is 15.4. The van der Waals surface area contributed by atoms with E-state index in [4.69, 9.17) is 5.73 Å². The molecule has 0 fully saturated rings. The smallest absolute Gasteiger partial charge is 0.332 e. The molecule has 1 rings (SSSR count). The third-order valence-corrected chi connectivity index (χ3v) is 2.21. The van der Waals surface area contributed by atoms with Crippen LogP contribution in [0.25, 0.3) is 0 Å². The van der Waals surface area contributed by atoms with Gasteiger partial charge in [-0.1, -0.05) is 25.9 Å². The number of alkyl halides is 4. The fraction of sp³-hybridized carbons (Fsp3) is 0.778. The molecule has 1 aromatic heterocycles. The summed E-state index contributed by atoms with van der Waals surface area (Å²) in [6, 6.07) is -0.784. The number of aromatic nitrogens is 2. The molecule has 0 radical (unpaired) electrons. The fourth-order valence-electron chi connectivity index (χ4n) is 0.977. The van der Waals surface area contributed by atoms with Crippen LogP contribution >= 0.6 is 0 Å². The van der Waals surface area contributed by atoms with Gasteiger partial charge in [0.05, 0.1) is 6.04 Å². The Morgan fingerprint density at radius 1 is 1.24 bits per heavy atom. The van der Waals surface area contributed by atoms with Gasteiger partial charge in [-0.25, -0.2) is 8.78 Å². The Morgan fingerprint density at radius 2 is 1.76 bits per heavy atom. The van der Waals surface area contributed by atoms with Gasteiger partial charge in [-0.05, 0) is 5.41 Å². The first-order valence-corrected chi connectivity index (χ1v) is 4.82. The lowest BCUT2D eigenvalue weighted by Gasteiger charge is -2.23.